The zero-order chi connectivity index (χ0) is 26.4. The van der Waals surface area contributed by atoms with E-state index in [9.17, 15) is 9.59 Å². The van der Waals surface area contributed by atoms with Gasteiger partial charge in [-0.3, -0.25) is 9.59 Å². The van der Waals surface area contributed by atoms with Gasteiger partial charge in [0, 0.05) is 20.6 Å². The highest BCUT2D eigenvalue weighted by Crippen LogP contribution is 2.38. The first kappa shape index (κ1) is 24.8. The van der Waals surface area contributed by atoms with Gasteiger partial charge in [0.15, 0.2) is 5.82 Å². The van der Waals surface area contributed by atoms with Crippen LogP contribution < -0.4 is 19.7 Å². The number of anilines is 1. The van der Waals surface area contributed by atoms with Gasteiger partial charge in [0.25, 0.3) is 11.5 Å². The first-order valence-electron chi connectivity index (χ1n) is 12.0. The Morgan fingerprint density at radius 1 is 1.03 bits per heavy atom. The third-order valence-electron chi connectivity index (χ3n) is 6.20. The van der Waals surface area contributed by atoms with Crippen molar-refractivity contribution in [1.82, 2.24) is 14.6 Å². The van der Waals surface area contributed by atoms with Crippen molar-refractivity contribution in [2.75, 3.05) is 11.5 Å². The first-order chi connectivity index (χ1) is 18.4. The van der Waals surface area contributed by atoms with E-state index >= 15 is 0 Å². The van der Waals surface area contributed by atoms with E-state index < -0.39 is 0 Å². The number of ether oxygens (including phenoxy) is 1. The number of hydrogen-bond acceptors (Lipinski definition) is 6. The number of hydrogen-bond donors (Lipinski definition) is 0. The fraction of sp³-hybridized carbons (Fsp3) is 0.143. The van der Waals surface area contributed by atoms with E-state index in [2.05, 4.69) is 32.9 Å². The van der Waals surface area contributed by atoms with Crippen LogP contribution in [0.4, 0.5) is 5.69 Å². The normalized spacial score (nSPS) is 14.4. The average molecular weight is 608 g/mol. The van der Waals surface area contributed by atoms with Gasteiger partial charge in [-0.15, -0.1) is 5.10 Å². The van der Waals surface area contributed by atoms with Crippen molar-refractivity contribution in [2.24, 2.45) is 0 Å². The number of nitrogens with zero attached hydrogens (tertiary/aromatic N) is 4. The lowest BCUT2D eigenvalue weighted by molar-refractivity contribution is -0.113. The Hall–Kier alpha value is -3.53. The van der Waals surface area contributed by atoms with Crippen LogP contribution in [0.25, 0.3) is 21.9 Å². The molecule has 3 aromatic carbocycles. The van der Waals surface area contributed by atoms with Crippen LogP contribution in [0.1, 0.15) is 24.5 Å². The second kappa shape index (κ2) is 9.98. The van der Waals surface area contributed by atoms with Crippen molar-refractivity contribution < 1.29 is 9.53 Å². The molecule has 0 N–H and O–H groups in total. The first-order valence-corrected chi connectivity index (χ1v) is 13.9. The molecule has 0 saturated carbocycles. The van der Waals surface area contributed by atoms with E-state index in [-0.39, 0.29) is 11.5 Å². The topological polar surface area (TPSA) is 76.8 Å². The standard InChI is InChI=1S/C28H20BrClN4O3S/c1-2-13-37-20-10-5-17(6-11-20)25-31-28-34(32-25)27(36)24(38-28)23-21-14-18(29)7-12-22(21)33(26(23)35)15-16-3-8-19(30)9-4-16/h3-12,14H,2,13,15H2,1H3. The van der Waals surface area contributed by atoms with Gasteiger partial charge in [-0.25, -0.2) is 0 Å². The number of aromatic nitrogens is 3. The molecule has 10 heteroatoms. The van der Waals surface area contributed by atoms with Crippen LogP contribution in [-0.4, -0.2) is 27.1 Å². The van der Waals surface area contributed by atoms with Gasteiger partial charge >= 0.3 is 0 Å². The van der Waals surface area contributed by atoms with Gasteiger partial charge < -0.3 is 9.64 Å². The highest BCUT2D eigenvalue weighted by atomic mass is 79.9. The molecular weight excluding hydrogens is 588 g/mol. The number of fused-ring (bicyclic) bond motifs is 2. The molecule has 1 amide bonds. The van der Waals surface area contributed by atoms with Crippen LogP contribution in [0, 0.1) is 0 Å². The maximum absolute atomic E-state index is 13.7. The maximum atomic E-state index is 13.7. The molecule has 6 rings (SSSR count). The molecule has 190 valence electrons. The van der Waals surface area contributed by atoms with E-state index in [1.165, 1.54) is 15.9 Å². The van der Waals surface area contributed by atoms with Crippen LogP contribution in [0.15, 0.2) is 76.0 Å². The molecule has 0 fully saturated rings. The number of thiazole rings is 1. The van der Waals surface area contributed by atoms with Crippen LogP contribution in [0.3, 0.4) is 0 Å². The highest BCUT2D eigenvalue weighted by Gasteiger charge is 2.34. The lowest BCUT2D eigenvalue weighted by Crippen LogP contribution is -2.32. The number of benzene rings is 3. The predicted octanol–water partition coefficient (Wildman–Crippen LogP) is 5.49. The quantitative estimate of drug-likeness (QED) is 0.255. The Bertz CT molecular complexity index is 1800. The number of carbonyl (C=O) groups excluding carboxylic acids is 1. The molecule has 7 nitrogen and oxygen atoms in total. The summed E-state index contributed by atoms with van der Waals surface area (Å²) in [5, 5.41) is 5.09. The molecule has 2 aromatic heterocycles. The summed E-state index contributed by atoms with van der Waals surface area (Å²) < 4.78 is 8.05. The minimum atomic E-state index is -0.366. The summed E-state index contributed by atoms with van der Waals surface area (Å²) in [6.07, 6.45) is 0.928. The van der Waals surface area contributed by atoms with Crippen molar-refractivity contribution in [3.05, 3.63) is 102 Å². The van der Waals surface area contributed by atoms with E-state index in [0.717, 1.165) is 33.5 Å². The van der Waals surface area contributed by atoms with Crippen molar-refractivity contribution >= 4 is 61.0 Å². The SMILES string of the molecule is CCCOc1ccc(-c2nc3sc(=C4C(=O)N(Cc5ccc(Cl)cc5)c5ccc(Br)cc54)c(=O)n3n2)cc1. The van der Waals surface area contributed by atoms with Crippen LogP contribution in [0.5, 0.6) is 5.75 Å². The molecule has 0 bridgehead atoms. The summed E-state index contributed by atoms with van der Waals surface area (Å²) in [6, 6.07) is 20.5. The van der Waals surface area contributed by atoms with Gasteiger partial charge in [0.1, 0.15) is 10.3 Å². The third kappa shape index (κ3) is 4.40. The summed E-state index contributed by atoms with van der Waals surface area (Å²) in [5.74, 6) is 0.974. The molecule has 0 radical (unpaired) electrons. The van der Waals surface area contributed by atoms with Crippen molar-refractivity contribution in [2.45, 2.75) is 19.9 Å². The molecule has 0 unspecified atom stereocenters. The average Bonchev–Trinajstić information content (AvgIpc) is 3.55. The molecule has 0 atom stereocenters. The van der Waals surface area contributed by atoms with Crippen LogP contribution in [-0.2, 0) is 11.3 Å². The van der Waals surface area contributed by atoms with E-state index in [4.69, 9.17) is 16.3 Å². The lowest BCUT2D eigenvalue weighted by atomic mass is 10.1. The molecular formula is C28H20BrClN4O3S. The lowest BCUT2D eigenvalue weighted by Gasteiger charge is -2.17. The highest BCUT2D eigenvalue weighted by molar-refractivity contribution is 9.10. The second-order valence-corrected chi connectivity index (χ2v) is 11.1. The summed E-state index contributed by atoms with van der Waals surface area (Å²) in [4.78, 5) is 34.0. The van der Waals surface area contributed by atoms with E-state index in [1.54, 1.807) is 17.0 Å². The minimum absolute atomic E-state index is 0.238. The Kier molecular flexibility index (Phi) is 6.51. The fourth-order valence-electron chi connectivity index (χ4n) is 4.38. The fourth-order valence-corrected chi connectivity index (χ4v) is 5.86. The molecule has 1 aliphatic rings. The molecule has 0 aliphatic carbocycles. The monoisotopic (exact) mass is 606 g/mol. The summed E-state index contributed by atoms with van der Waals surface area (Å²) in [7, 11) is 0. The molecule has 3 heterocycles. The Balaban J connectivity index is 1.42. The number of carbonyl (C=O) groups is 1. The van der Waals surface area contributed by atoms with Crippen molar-refractivity contribution in [3.8, 4) is 17.1 Å². The maximum Gasteiger partial charge on any atom is 0.291 e. The minimum Gasteiger partial charge on any atom is -0.494 e. The Labute approximate surface area is 235 Å². The summed E-state index contributed by atoms with van der Waals surface area (Å²) >= 11 is 10.7. The second-order valence-electron chi connectivity index (χ2n) is 8.79. The number of amides is 1. The molecule has 0 saturated heterocycles. The van der Waals surface area contributed by atoms with Crippen LogP contribution in [0.2, 0.25) is 5.02 Å². The molecule has 38 heavy (non-hydrogen) atoms. The number of halogens is 2. The number of rotatable bonds is 6. The molecule has 5 aromatic rings. The largest absolute Gasteiger partial charge is 0.494 e. The van der Waals surface area contributed by atoms with Gasteiger partial charge in [-0.1, -0.05) is 57.9 Å². The van der Waals surface area contributed by atoms with Gasteiger partial charge in [-0.05, 0) is 66.6 Å². The zero-order valence-corrected chi connectivity index (χ0v) is 23.3. The van der Waals surface area contributed by atoms with E-state index in [1.807, 2.05) is 54.6 Å². The Morgan fingerprint density at radius 3 is 2.50 bits per heavy atom. The van der Waals surface area contributed by atoms with Gasteiger partial charge in [-0.2, -0.15) is 9.50 Å². The molecule has 0 spiro atoms. The third-order valence-corrected chi connectivity index (χ3v) is 7.98. The summed E-state index contributed by atoms with van der Waals surface area (Å²) in [6.45, 7) is 3.05. The Morgan fingerprint density at radius 2 is 1.79 bits per heavy atom. The molecule has 1 aliphatic heterocycles. The smallest absolute Gasteiger partial charge is 0.291 e. The van der Waals surface area contributed by atoms with Gasteiger partial charge in [0.05, 0.1) is 24.4 Å². The van der Waals surface area contributed by atoms with Crippen LogP contribution >= 0.6 is 38.9 Å². The predicted molar refractivity (Wildman–Crippen MR) is 153 cm³/mol. The van der Waals surface area contributed by atoms with Gasteiger partial charge in [0.2, 0.25) is 4.96 Å². The van der Waals surface area contributed by atoms with Crippen molar-refractivity contribution in [1.29, 1.82) is 0 Å². The zero-order valence-electron chi connectivity index (χ0n) is 20.1. The van der Waals surface area contributed by atoms with E-state index in [0.29, 0.717) is 44.6 Å². The summed E-state index contributed by atoms with van der Waals surface area (Å²) in [5.41, 5.74) is 3.14. The van der Waals surface area contributed by atoms with Crippen molar-refractivity contribution in [3.63, 3.8) is 0 Å².